The summed E-state index contributed by atoms with van der Waals surface area (Å²) in [6.07, 6.45) is 6.57. The summed E-state index contributed by atoms with van der Waals surface area (Å²) in [7, 11) is 0. The zero-order valence-corrected chi connectivity index (χ0v) is 21.2. The molecule has 1 saturated heterocycles. The number of rotatable bonds is 9. The number of amidine groups is 1. The van der Waals surface area contributed by atoms with Crippen molar-refractivity contribution in [1.82, 2.24) is 9.80 Å². The first-order valence-corrected chi connectivity index (χ1v) is 12.4. The molecule has 1 aliphatic heterocycles. The van der Waals surface area contributed by atoms with E-state index in [1.807, 2.05) is 32.0 Å². The molecule has 37 heavy (non-hydrogen) atoms. The third-order valence-electron chi connectivity index (χ3n) is 5.83. The minimum atomic E-state index is -0.635. The number of hydrogen-bond acceptors (Lipinski definition) is 6. The maximum absolute atomic E-state index is 13.1. The van der Waals surface area contributed by atoms with Crippen LogP contribution in [-0.2, 0) is 11.2 Å². The molecule has 7 nitrogen and oxygen atoms in total. The van der Waals surface area contributed by atoms with Crippen LogP contribution >= 0.6 is 0 Å². The lowest BCUT2D eigenvalue weighted by Crippen LogP contribution is -2.50. The Bertz CT molecular complexity index is 1000. The zero-order valence-electron chi connectivity index (χ0n) is 21.2. The van der Waals surface area contributed by atoms with E-state index >= 15 is 0 Å². The molecule has 0 aromatic heterocycles. The fraction of sp³-hybridized carbons (Fsp3) is 0.379. The Hall–Kier alpha value is -3.49. The van der Waals surface area contributed by atoms with Crippen molar-refractivity contribution in [3.63, 3.8) is 0 Å². The summed E-state index contributed by atoms with van der Waals surface area (Å²) in [4.78, 5) is 16.6. The Morgan fingerprint density at radius 2 is 1.78 bits per heavy atom. The number of hydrogen-bond donors (Lipinski definition) is 4. The van der Waals surface area contributed by atoms with Crippen LogP contribution in [0.1, 0.15) is 39.7 Å². The number of carbonyl (C=O) groups excluding carboxylic acids is 1. The fourth-order valence-electron chi connectivity index (χ4n) is 3.97. The standard InChI is InChI=1S/C26H32FN5O2.C2H6.CH4/c27-21-6-8-22(9-7-21)30-16-11-25(29)32(26(34)24(33)10-15-28)23-13-18-31(19-14-23)17-12-20-4-2-1-3-5-20;1-2;/h1-11,16,23,29-30,33H,12-15,17-19,28H2;1-2H3;1H4/b16-11-,24-10-,29-25?;;. The predicted molar refractivity (Wildman–Crippen MR) is 151 cm³/mol. The van der Waals surface area contributed by atoms with Crippen LogP contribution in [0.15, 0.2) is 78.7 Å². The lowest BCUT2D eigenvalue weighted by molar-refractivity contribution is -0.128. The van der Waals surface area contributed by atoms with Crippen molar-refractivity contribution in [2.45, 2.75) is 46.6 Å². The number of nitrogens with two attached hydrogens (primary N) is 1. The highest BCUT2D eigenvalue weighted by Gasteiger charge is 2.31. The van der Waals surface area contributed by atoms with E-state index in [2.05, 4.69) is 22.3 Å². The Labute approximate surface area is 221 Å². The van der Waals surface area contributed by atoms with Crippen molar-refractivity contribution in [2.75, 3.05) is 31.5 Å². The molecule has 8 heteroatoms. The van der Waals surface area contributed by atoms with Crippen molar-refractivity contribution in [1.29, 1.82) is 5.41 Å². The van der Waals surface area contributed by atoms with Crippen LogP contribution in [-0.4, -0.2) is 58.9 Å². The largest absolute Gasteiger partial charge is 0.503 e. The molecule has 0 aliphatic carbocycles. The van der Waals surface area contributed by atoms with Crippen LogP contribution in [0.25, 0.3) is 0 Å². The first-order valence-electron chi connectivity index (χ1n) is 12.4. The second-order valence-corrected chi connectivity index (χ2v) is 8.18. The van der Waals surface area contributed by atoms with E-state index in [0.717, 1.165) is 26.1 Å². The van der Waals surface area contributed by atoms with Gasteiger partial charge in [0, 0.05) is 44.1 Å². The van der Waals surface area contributed by atoms with Gasteiger partial charge in [-0.2, -0.15) is 0 Å². The summed E-state index contributed by atoms with van der Waals surface area (Å²) < 4.78 is 13.1. The van der Waals surface area contributed by atoms with Crippen LogP contribution in [0.2, 0.25) is 0 Å². The van der Waals surface area contributed by atoms with E-state index in [1.165, 1.54) is 40.9 Å². The normalized spacial score (nSPS) is 14.3. The average molecular weight is 512 g/mol. The van der Waals surface area contributed by atoms with Crippen molar-refractivity contribution in [3.8, 4) is 0 Å². The molecule has 3 rings (SSSR count). The SMILES string of the molecule is C.CC.N=C(/C=C\Nc1ccc(F)cc1)N(C(=O)/C(O)=C/CN)C1CCN(CCc2ccccc2)CC1. The Balaban J connectivity index is 0.00000223. The van der Waals surface area contributed by atoms with Gasteiger partial charge in [0.1, 0.15) is 11.7 Å². The van der Waals surface area contributed by atoms with Gasteiger partial charge in [0.2, 0.25) is 0 Å². The number of benzene rings is 2. The average Bonchev–Trinajstić information content (AvgIpc) is 2.91. The van der Waals surface area contributed by atoms with Gasteiger partial charge in [0.15, 0.2) is 5.76 Å². The third-order valence-corrected chi connectivity index (χ3v) is 5.83. The minimum Gasteiger partial charge on any atom is -0.503 e. The highest BCUT2D eigenvalue weighted by Crippen LogP contribution is 2.20. The quantitative estimate of drug-likeness (QED) is 0.158. The number of anilines is 1. The molecule has 1 aliphatic rings. The van der Waals surface area contributed by atoms with Gasteiger partial charge in [-0.05, 0) is 61.2 Å². The van der Waals surface area contributed by atoms with Gasteiger partial charge >= 0.3 is 0 Å². The lowest BCUT2D eigenvalue weighted by Gasteiger charge is -2.38. The summed E-state index contributed by atoms with van der Waals surface area (Å²) in [5.74, 6) is -1.47. The summed E-state index contributed by atoms with van der Waals surface area (Å²) in [5, 5.41) is 21.6. The van der Waals surface area contributed by atoms with Crippen molar-refractivity contribution >= 4 is 17.4 Å². The number of likely N-dealkylation sites (tertiary alicyclic amines) is 1. The second kappa shape index (κ2) is 17.1. The number of halogens is 1. The number of nitrogens with one attached hydrogen (secondary N) is 2. The molecule has 2 aromatic rings. The molecular formula is C29H42FN5O2. The van der Waals surface area contributed by atoms with Crippen LogP contribution in [0.5, 0.6) is 0 Å². The lowest BCUT2D eigenvalue weighted by atomic mass is 10.0. The van der Waals surface area contributed by atoms with Crippen molar-refractivity contribution < 1.29 is 14.3 Å². The number of aliphatic hydroxyl groups excluding tert-OH is 1. The molecule has 1 fully saturated rings. The van der Waals surface area contributed by atoms with Crippen molar-refractivity contribution in [2.24, 2.45) is 5.73 Å². The van der Waals surface area contributed by atoms with E-state index in [-0.39, 0.29) is 31.7 Å². The molecule has 1 heterocycles. The summed E-state index contributed by atoms with van der Waals surface area (Å²) >= 11 is 0. The molecule has 2 aromatic carbocycles. The maximum atomic E-state index is 13.1. The monoisotopic (exact) mass is 511 g/mol. The molecule has 1 amide bonds. The van der Waals surface area contributed by atoms with Gasteiger partial charge in [-0.1, -0.05) is 51.6 Å². The molecule has 0 atom stereocenters. The van der Waals surface area contributed by atoms with Crippen molar-refractivity contribution in [3.05, 3.63) is 90.1 Å². The number of carbonyl (C=O) groups is 1. The van der Waals surface area contributed by atoms with E-state index < -0.39 is 11.7 Å². The van der Waals surface area contributed by atoms with E-state index in [0.29, 0.717) is 18.5 Å². The molecule has 5 N–H and O–H groups in total. The summed E-state index contributed by atoms with van der Waals surface area (Å²) in [5.41, 5.74) is 7.40. The van der Waals surface area contributed by atoms with E-state index in [1.54, 1.807) is 12.1 Å². The van der Waals surface area contributed by atoms with Gasteiger partial charge in [-0.15, -0.1) is 0 Å². The summed E-state index contributed by atoms with van der Waals surface area (Å²) in [6, 6.07) is 15.9. The number of aliphatic hydroxyl groups is 1. The number of amides is 1. The number of nitrogens with zero attached hydrogens (tertiary/aromatic N) is 2. The van der Waals surface area contributed by atoms with Gasteiger partial charge in [-0.25, -0.2) is 4.39 Å². The third kappa shape index (κ3) is 10.2. The van der Waals surface area contributed by atoms with E-state index in [9.17, 15) is 14.3 Å². The van der Waals surface area contributed by atoms with Gasteiger partial charge < -0.3 is 21.1 Å². The van der Waals surface area contributed by atoms with E-state index in [4.69, 9.17) is 11.1 Å². The molecule has 0 radical (unpaired) electrons. The van der Waals surface area contributed by atoms with Crippen LogP contribution < -0.4 is 11.1 Å². The number of piperidine rings is 1. The van der Waals surface area contributed by atoms with Crippen LogP contribution in [0.3, 0.4) is 0 Å². The Morgan fingerprint density at radius 3 is 2.38 bits per heavy atom. The first-order chi connectivity index (χ1) is 17.5. The summed E-state index contributed by atoms with van der Waals surface area (Å²) in [6.45, 7) is 6.56. The Morgan fingerprint density at radius 1 is 1.16 bits per heavy atom. The molecule has 202 valence electrons. The highest BCUT2D eigenvalue weighted by molar-refractivity contribution is 6.08. The van der Waals surface area contributed by atoms with Crippen LogP contribution in [0, 0.1) is 11.2 Å². The Kier molecular flexibility index (Phi) is 14.5. The van der Waals surface area contributed by atoms with Gasteiger partial charge in [0.25, 0.3) is 5.91 Å². The fourth-order valence-corrected chi connectivity index (χ4v) is 3.97. The molecule has 0 saturated carbocycles. The smallest absolute Gasteiger partial charge is 0.294 e. The zero-order chi connectivity index (χ0) is 26.3. The molecular weight excluding hydrogens is 469 g/mol. The topological polar surface area (TPSA) is 106 Å². The maximum Gasteiger partial charge on any atom is 0.294 e. The van der Waals surface area contributed by atoms with Gasteiger partial charge in [-0.3, -0.25) is 15.1 Å². The predicted octanol–water partition coefficient (Wildman–Crippen LogP) is 5.33. The van der Waals surface area contributed by atoms with Crippen LogP contribution in [0.4, 0.5) is 10.1 Å². The first kappa shape index (κ1) is 31.5. The molecule has 0 unspecified atom stereocenters. The molecule has 0 bridgehead atoms. The second-order valence-electron chi connectivity index (χ2n) is 8.18. The minimum absolute atomic E-state index is 0. The highest BCUT2D eigenvalue weighted by atomic mass is 19.1. The molecule has 0 spiro atoms. The van der Waals surface area contributed by atoms with Gasteiger partial charge in [0.05, 0.1) is 0 Å².